The molecule has 0 N–H and O–H groups in total. The second-order valence-electron chi connectivity index (χ2n) is 20.4. The second kappa shape index (κ2) is 54.7. The molecule has 0 bridgehead atoms. The lowest BCUT2D eigenvalue weighted by Gasteiger charge is -2.27. The van der Waals surface area contributed by atoms with Crippen LogP contribution in [0, 0.1) is 0 Å². The molecule has 0 aliphatic heterocycles. The van der Waals surface area contributed by atoms with Gasteiger partial charge in [0.2, 0.25) is 0 Å². The molecule has 0 aromatic rings. The monoisotopic (exact) mass is 1080 g/mol. The van der Waals surface area contributed by atoms with Gasteiger partial charge in [0.15, 0.2) is 0 Å². The van der Waals surface area contributed by atoms with Crippen molar-refractivity contribution >= 4 is 36.1 Å². The lowest BCUT2D eigenvalue weighted by Crippen LogP contribution is -2.42. The largest absolute Gasteiger partial charge is 0.464 e. The Kier molecular flexibility index (Phi) is 52.1. The van der Waals surface area contributed by atoms with Crippen LogP contribution in [-0.4, -0.2) is 161 Å². The van der Waals surface area contributed by atoms with Gasteiger partial charge in [0, 0.05) is 51.9 Å². The van der Waals surface area contributed by atoms with Gasteiger partial charge in [-0.1, -0.05) is 196 Å². The van der Waals surface area contributed by atoms with Crippen LogP contribution in [0.1, 0.15) is 247 Å². The van der Waals surface area contributed by atoms with Crippen molar-refractivity contribution in [2.24, 2.45) is 0 Å². The molecule has 2 amide bonds. The molecule has 0 saturated carbocycles. The van der Waals surface area contributed by atoms with Crippen molar-refractivity contribution < 1.29 is 57.2 Å². The summed E-state index contributed by atoms with van der Waals surface area (Å²) in [5, 5.41) is 0. The number of esters is 4. The van der Waals surface area contributed by atoms with E-state index in [2.05, 4.69) is 51.3 Å². The molecule has 0 heterocycles. The fourth-order valence-electron chi connectivity index (χ4n) is 8.73. The SMILES string of the molecule is CCCCCCCCCC(=O)OCCN(CCOC(=O)CCCCCCCCC)C(=O)OCCN(CCOC(=O)N(CCOC(=O)CCCCCCCCC)CCOC(=O)CCCCCCCCC)CCN(CC)CC. The molecule has 0 rings (SSSR count). The van der Waals surface area contributed by atoms with Crippen LogP contribution in [0.5, 0.6) is 0 Å². The van der Waals surface area contributed by atoms with E-state index >= 15 is 0 Å². The maximum atomic E-state index is 13.6. The molecule has 0 spiro atoms. The maximum Gasteiger partial charge on any atom is 0.410 e. The third-order valence-electron chi connectivity index (χ3n) is 13.8. The number of nitrogens with zero attached hydrogens (tertiary/aromatic N) is 4. The van der Waals surface area contributed by atoms with Crippen molar-refractivity contribution in [2.75, 3.05) is 105 Å². The van der Waals surface area contributed by atoms with Crippen LogP contribution in [0.4, 0.5) is 9.59 Å². The van der Waals surface area contributed by atoms with E-state index in [-0.39, 0.29) is 89.7 Å². The summed E-state index contributed by atoms with van der Waals surface area (Å²) in [4.78, 5) is 84.6. The van der Waals surface area contributed by atoms with Crippen molar-refractivity contribution in [1.29, 1.82) is 0 Å². The predicted octanol–water partition coefficient (Wildman–Crippen LogP) is 13.2. The topological polar surface area (TPSA) is 171 Å². The molecule has 446 valence electrons. The van der Waals surface area contributed by atoms with E-state index in [1.165, 1.54) is 113 Å². The number of hydrogen-bond donors (Lipinski definition) is 0. The zero-order valence-corrected chi connectivity index (χ0v) is 49.6. The standard InChI is InChI=1S/C60H114N4O12/c1-7-13-17-21-25-29-33-37-55(65)71-51-45-63(46-52-72-56(66)38-34-30-26-22-18-14-8-2)59(69)75-49-43-62(42-41-61(11-5)12-6)44-50-76-60(70)64(47-53-73-57(67)39-35-31-27-23-19-15-9-3)48-54-74-58(68)40-36-32-28-24-20-16-10-4/h7-54H2,1-6H3. The van der Waals surface area contributed by atoms with Crippen LogP contribution >= 0.6 is 0 Å². The van der Waals surface area contributed by atoms with E-state index in [4.69, 9.17) is 28.4 Å². The summed E-state index contributed by atoms with van der Waals surface area (Å²) in [6.07, 6.45) is 30.7. The summed E-state index contributed by atoms with van der Waals surface area (Å²) in [5.41, 5.74) is 0. The van der Waals surface area contributed by atoms with Crippen molar-refractivity contribution in [3.63, 3.8) is 0 Å². The third kappa shape index (κ3) is 46.4. The molecule has 0 unspecified atom stereocenters. The number of likely N-dealkylation sites (N-methyl/N-ethyl adjacent to an activating group) is 1. The van der Waals surface area contributed by atoms with E-state index in [1.807, 2.05) is 0 Å². The smallest absolute Gasteiger partial charge is 0.410 e. The Balaban J connectivity index is 5.58. The molecule has 0 aliphatic rings. The van der Waals surface area contributed by atoms with Crippen LogP contribution in [0.25, 0.3) is 0 Å². The first kappa shape index (κ1) is 72.3. The van der Waals surface area contributed by atoms with E-state index in [9.17, 15) is 28.8 Å². The van der Waals surface area contributed by atoms with Gasteiger partial charge >= 0.3 is 36.1 Å². The number of hydrogen-bond acceptors (Lipinski definition) is 14. The lowest BCUT2D eigenvalue weighted by atomic mass is 10.1. The Labute approximate surface area is 463 Å². The molecule has 0 radical (unpaired) electrons. The highest BCUT2D eigenvalue weighted by Crippen LogP contribution is 2.13. The minimum Gasteiger partial charge on any atom is -0.464 e. The Morgan fingerprint density at radius 2 is 0.474 bits per heavy atom. The number of carbonyl (C=O) groups is 6. The van der Waals surface area contributed by atoms with Crippen LogP contribution in [0.15, 0.2) is 0 Å². The number of ether oxygens (including phenoxy) is 6. The summed E-state index contributed by atoms with van der Waals surface area (Å²) >= 11 is 0. The van der Waals surface area contributed by atoms with Gasteiger partial charge in [-0.15, -0.1) is 0 Å². The maximum absolute atomic E-state index is 13.6. The molecule has 16 nitrogen and oxygen atoms in total. The van der Waals surface area contributed by atoms with Gasteiger partial charge < -0.3 is 43.1 Å². The van der Waals surface area contributed by atoms with Gasteiger partial charge in [-0.2, -0.15) is 0 Å². The highest BCUT2D eigenvalue weighted by atomic mass is 16.6. The first-order valence-corrected chi connectivity index (χ1v) is 30.9. The zero-order valence-electron chi connectivity index (χ0n) is 49.6. The minimum atomic E-state index is -0.608. The quantitative estimate of drug-likeness (QED) is 0.0320. The number of unbranched alkanes of at least 4 members (excludes halogenated alkanes) is 24. The average molecular weight is 1080 g/mol. The van der Waals surface area contributed by atoms with Gasteiger partial charge in [-0.25, -0.2) is 9.59 Å². The van der Waals surface area contributed by atoms with E-state index in [0.29, 0.717) is 45.3 Å². The Hall–Kier alpha value is -3.66. The van der Waals surface area contributed by atoms with Gasteiger partial charge in [-0.05, 0) is 38.8 Å². The highest BCUT2D eigenvalue weighted by molar-refractivity contribution is 5.71. The molecule has 76 heavy (non-hydrogen) atoms. The summed E-state index contributed by atoms with van der Waals surface area (Å²) in [7, 11) is 0. The van der Waals surface area contributed by atoms with E-state index in [1.54, 1.807) is 0 Å². The normalized spacial score (nSPS) is 11.2. The molecular weight excluding hydrogens is 969 g/mol. The summed E-state index contributed by atoms with van der Waals surface area (Å²) in [5.74, 6) is -1.20. The number of rotatable bonds is 55. The fourth-order valence-corrected chi connectivity index (χ4v) is 8.73. The van der Waals surface area contributed by atoms with Crippen LogP contribution < -0.4 is 0 Å². The van der Waals surface area contributed by atoms with Crippen molar-refractivity contribution in [1.82, 2.24) is 19.6 Å². The first-order chi connectivity index (χ1) is 37.0. The summed E-state index contributed by atoms with van der Waals surface area (Å²) in [6.45, 7) is 17.2. The number of amides is 2. The van der Waals surface area contributed by atoms with Crippen LogP contribution in [0.3, 0.4) is 0 Å². The van der Waals surface area contributed by atoms with E-state index < -0.39 is 12.2 Å². The predicted molar refractivity (Wildman–Crippen MR) is 304 cm³/mol. The van der Waals surface area contributed by atoms with Gasteiger partial charge in [0.25, 0.3) is 0 Å². The summed E-state index contributed by atoms with van der Waals surface area (Å²) in [6, 6.07) is 0. The molecule has 0 fully saturated rings. The molecule has 0 aromatic heterocycles. The lowest BCUT2D eigenvalue weighted by molar-refractivity contribution is -0.146. The van der Waals surface area contributed by atoms with Crippen molar-refractivity contribution in [2.45, 2.75) is 247 Å². The Morgan fingerprint density at radius 1 is 0.250 bits per heavy atom. The van der Waals surface area contributed by atoms with E-state index in [0.717, 1.165) is 96.7 Å². The molecular formula is C60H114N4O12. The van der Waals surface area contributed by atoms with Gasteiger partial charge in [0.05, 0.1) is 26.2 Å². The molecule has 0 saturated heterocycles. The van der Waals surface area contributed by atoms with Gasteiger partial charge in [0.1, 0.15) is 39.6 Å². The molecule has 0 aliphatic carbocycles. The van der Waals surface area contributed by atoms with Crippen molar-refractivity contribution in [3.05, 3.63) is 0 Å². The molecule has 0 aromatic carbocycles. The fraction of sp³-hybridized carbons (Fsp3) is 0.900. The zero-order chi connectivity index (χ0) is 56.0. The molecule has 16 heteroatoms. The minimum absolute atomic E-state index is 0.00182. The second-order valence-corrected chi connectivity index (χ2v) is 20.4. The van der Waals surface area contributed by atoms with Crippen molar-refractivity contribution in [3.8, 4) is 0 Å². The average Bonchev–Trinajstić information content (AvgIpc) is 3.41. The Morgan fingerprint density at radius 3 is 0.724 bits per heavy atom. The number of carbonyl (C=O) groups excluding carboxylic acids is 6. The van der Waals surface area contributed by atoms with Crippen LogP contribution in [-0.2, 0) is 47.6 Å². The van der Waals surface area contributed by atoms with Crippen LogP contribution in [0.2, 0.25) is 0 Å². The summed E-state index contributed by atoms with van der Waals surface area (Å²) < 4.78 is 33.7. The third-order valence-corrected chi connectivity index (χ3v) is 13.8. The first-order valence-electron chi connectivity index (χ1n) is 30.9. The highest BCUT2D eigenvalue weighted by Gasteiger charge is 2.20. The molecule has 0 atom stereocenters. The Bertz CT molecular complexity index is 1240. The van der Waals surface area contributed by atoms with Gasteiger partial charge in [-0.3, -0.25) is 24.1 Å².